The van der Waals surface area contributed by atoms with Crippen LogP contribution in [0.1, 0.15) is 32.6 Å². The third-order valence-corrected chi connectivity index (χ3v) is 5.50. The number of rotatable bonds is 3. The van der Waals surface area contributed by atoms with E-state index < -0.39 is 10.0 Å². The summed E-state index contributed by atoms with van der Waals surface area (Å²) >= 11 is 0. The first-order chi connectivity index (χ1) is 7.09. The van der Waals surface area contributed by atoms with E-state index in [0.29, 0.717) is 0 Å². The SMILES string of the molecule is CC1CCCN1S(=O)(=O)CC1CCCN1. The van der Waals surface area contributed by atoms with Crippen LogP contribution in [0, 0.1) is 0 Å². The van der Waals surface area contributed by atoms with E-state index >= 15 is 0 Å². The summed E-state index contributed by atoms with van der Waals surface area (Å²) in [5.41, 5.74) is 0. The second-order valence-electron chi connectivity index (χ2n) is 4.67. The molecule has 2 saturated heterocycles. The molecule has 2 aliphatic heterocycles. The molecule has 5 heteroatoms. The van der Waals surface area contributed by atoms with Gasteiger partial charge in [-0.2, -0.15) is 4.31 Å². The van der Waals surface area contributed by atoms with Gasteiger partial charge in [-0.15, -0.1) is 0 Å². The molecule has 0 radical (unpaired) electrons. The van der Waals surface area contributed by atoms with Crippen molar-refractivity contribution in [2.45, 2.75) is 44.7 Å². The van der Waals surface area contributed by atoms with Gasteiger partial charge < -0.3 is 5.32 Å². The minimum Gasteiger partial charge on any atom is -0.313 e. The van der Waals surface area contributed by atoms with Crippen molar-refractivity contribution >= 4 is 10.0 Å². The maximum absolute atomic E-state index is 12.1. The van der Waals surface area contributed by atoms with E-state index in [-0.39, 0.29) is 17.8 Å². The molecule has 88 valence electrons. The summed E-state index contributed by atoms with van der Waals surface area (Å²) in [5.74, 6) is 0.289. The third kappa shape index (κ3) is 2.52. The lowest BCUT2D eigenvalue weighted by atomic mass is 10.3. The molecule has 0 aliphatic carbocycles. The summed E-state index contributed by atoms with van der Waals surface area (Å²) in [4.78, 5) is 0. The van der Waals surface area contributed by atoms with Gasteiger partial charge in [0.25, 0.3) is 0 Å². The van der Waals surface area contributed by atoms with Crippen LogP contribution in [0.25, 0.3) is 0 Å². The summed E-state index contributed by atoms with van der Waals surface area (Å²) in [7, 11) is -3.02. The van der Waals surface area contributed by atoms with Crippen molar-refractivity contribution in [3.05, 3.63) is 0 Å². The van der Waals surface area contributed by atoms with Gasteiger partial charge in [0.2, 0.25) is 10.0 Å². The van der Waals surface area contributed by atoms with Crippen LogP contribution in [0.2, 0.25) is 0 Å². The van der Waals surface area contributed by atoms with Gasteiger partial charge >= 0.3 is 0 Å². The quantitative estimate of drug-likeness (QED) is 0.773. The van der Waals surface area contributed by atoms with Crippen molar-refractivity contribution in [3.63, 3.8) is 0 Å². The van der Waals surface area contributed by atoms with Crippen LogP contribution in [0.3, 0.4) is 0 Å². The summed E-state index contributed by atoms with van der Waals surface area (Å²) in [5, 5.41) is 3.25. The van der Waals surface area contributed by atoms with Gasteiger partial charge in [-0.05, 0) is 39.2 Å². The van der Waals surface area contributed by atoms with Gasteiger partial charge in [-0.3, -0.25) is 0 Å². The Kier molecular flexibility index (Phi) is 3.33. The van der Waals surface area contributed by atoms with Crippen LogP contribution in [0.4, 0.5) is 0 Å². The van der Waals surface area contributed by atoms with Crippen LogP contribution in [0.15, 0.2) is 0 Å². The normalized spacial score (nSPS) is 33.7. The highest BCUT2D eigenvalue weighted by Crippen LogP contribution is 2.22. The zero-order valence-electron chi connectivity index (χ0n) is 9.28. The van der Waals surface area contributed by atoms with Gasteiger partial charge in [-0.1, -0.05) is 0 Å². The van der Waals surface area contributed by atoms with Crippen LogP contribution < -0.4 is 5.32 Å². The monoisotopic (exact) mass is 232 g/mol. The summed E-state index contributed by atoms with van der Waals surface area (Å²) in [6.07, 6.45) is 4.13. The molecule has 0 amide bonds. The molecule has 2 heterocycles. The van der Waals surface area contributed by atoms with Crippen molar-refractivity contribution in [1.82, 2.24) is 9.62 Å². The second-order valence-corrected chi connectivity index (χ2v) is 6.64. The number of nitrogens with one attached hydrogen (secondary N) is 1. The van der Waals surface area contributed by atoms with Crippen LogP contribution in [0.5, 0.6) is 0 Å². The van der Waals surface area contributed by atoms with Gasteiger partial charge in [-0.25, -0.2) is 8.42 Å². The highest BCUT2D eigenvalue weighted by Gasteiger charge is 2.33. The molecule has 0 spiro atoms. The van der Waals surface area contributed by atoms with Crippen molar-refractivity contribution < 1.29 is 8.42 Å². The molecule has 2 unspecified atom stereocenters. The molecular weight excluding hydrogens is 212 g/mol. The van der Waals surface area contributed by atoms with E-state index in [1.807, 2.05) is 6.92 Å². The minimum absolute atomic E-state index is 0.183. The Morgan fingerprint density at radius 1 is 1.33 bits per heavy atom. The van der Waals surface area contributed by atoms with Crippen LogP contribution in [-0.2, 0) is 10.0 Å². The Balaban J connectivity index is 1.99. The molecule has 1 N–H and O–H groups in total. The minimum atomic E-state index is -3.02. The predicted octanol–water partition coefficient (Wildman–Crippen LogP) is 0.552. The molecule has 0 aromatic heterocycles. The van der Waals surface area contributed by atoms with E-state index in [1.165, 1.54) is 0 Å². The average Bonchev–Trinajstić information content (AvgIpc) is 2.75. The van der Waals surface area contributed by atoms with Gasteiger partial charge in [0.1, 0.15) is 0 Å². The molecule has 2 atom stereocenters. The zero-order valence-corrected chi connectivity index (χ0v) is 10.1. The molecule has 0 aromatic carbocycles. The first-order valence-corrected chi connectivity index (χ1v) is 7.43. The molecule has 2 fully saturated rings. The van der Waals surface area contributed by atoms with Crippen molar-refractivity contribution in [2.24, 2.45) is 0 Å². The lowest BCUT2D eigenvalue weighted by Crippen LogP contribution is -2.41. The van der Waals surface area contributed by atoms with E-state index in [9.17, 15) is 8.42 Å². The molecule has 0 bridgehead atoms. The third-order valence-electron chi connectivity index (χ3n) is 3.42. The van der Waals surface area contributed by atoms with Gasteiger partial charge in [0, 0.05) is 18.6 Å². The maximum Gasteiger partial charge on any atom is 0.215 e. The van der Waals surface area contributed by atoms with E-state index in [2.05, 4.69) is 5.32 Å². The fourth-order valence-electron chi connectivity index (χ4n) is 2.57. The van der Waals surface area contributed by atoms with Crippen molar-refractivity contribution in [2.75, 3.05) is 18.8 Å². The Labute approximate surface area is 92.1 Å². The zero-order chi connectivity index (χ0) is 10.9. The van der Waals surface area contributed by atoms with Crippen LogP contribution >= 0.6 is 0 Å². The van der Waals surface area contributed by atoms with Crippen molar-refractivity contribution in [3.8, 4) is 0 Å². The topological polar surface area (TPSA) is 49.4 Å². The highest BCUT2D eigenvalue weighted by molar-refractivity contribution is 7.89. The van der Waals surface area contributed by atoms with E-state index in [1.54, 1.807) is 4.31 Å². The van der Waals surface area contributed by atoms with Crippen LogP contribution in [-0.4, -0.2) is 43.6 Å². The lowest BCUT2D eigenvalue weighted by molar-refractivity contribution is 0.404. The highest BCUT2D eigenvalue weighted by atomic mass is 32.2. The summed E-state index contributed by atoms with van der Waals surface area (Å²) in [6.45, 7) is 3.69. The Morgan fingerprint density at radius 3 is 2.67 bits per heavy atom. The standard InChI is InChI=1S/C10H20N2O2S/c1-9-4-3-7-12(9)15(13,14)8-10-5-2-6-11-10/h9-11H,2-8H2,1H3. The van der Waals surface area contributed by atoms with Crippen molar-refractivity contribution in [1.29, 1.82) is 0 Å². The summed E-state index contributed by atoms with van der Waals surface area (Å²) in [6, 6.07) is 0.388. The Hall–Kier alpha value is -0.130. The fourth-order valence-corrected chi connectivity index (χ4v) is 4.61. The Morgan fingerprint density at radius 2 is 2.13 bits per heavy atom. The molecule has 15 heavy (non-hydrogen) atoms. The first kappa shape index (κ1) is 11.4. The number of nitrogens with zero attached hydrogens (tertiary/aromatic N) is 1. The number of sulfonamides is 1. The smallest absolute Gasteiger partial charge is 0.215 e. The molecular formula is C10H20N2O2S. The second kappa shape index (κ2) is 4.39. The Bertz CT molecular complexity index is 309. The molecule has 4 nitrogen and oxygen atoms in total. The lowest BCUT2D eigenvalue weighted by Gasteiger charge is -2.22. The molecule has 2 rings (SSSR count). The molecule has 2 aliphatic rings. The van der Waals surface area contributed by atoms with Gasteiger partial charge in [0.15, 0.2) is 0 Å². The van der Waals surface area contributed by atoms with E-state index in [0.717, 1.165) is 38.8 Å². The van der Waals surface area contributed by atoms with Gasteiger partial charge in [0.05, 0.1) is 5.75 Å². The first-order valence-electron chi connectivity index (χ1n) is 5.82. The largest absolute Gasteiger partial charge is 0.313 e. The predicted molar refractivity (Wildman–Crippen MR) is 60.2 cm³/mol. The number of hydrogen-bond acceptors (Lipinski definition) is 3. The van der Waals surface area contributed by atoms with E-state index in [4.69, 9.17) is 0 Å². The molecule has 0 saturated carbocycles. The summed E-state index contributed by atoms with van der Waals surface area (Å²) < 4.78 is 25.9. The fraction of sp³-hybridized carbons (Fsp3) is 1.00. The number of hydrogen-bond donors (Lipinski definition) is 1. The molecule has 0 aromatic rings. The maximum atomic E-state index is 12.1. The average molecular weight is 232 g/mol.